The van der Waals surface area contributed by atoms with Crippen molar-refractivity contribution in [2.75, 3.05) is 17.2 Å². The van der Waals surface area contributed by atoms with Crippen LogP contribution in [0.25, 0.3) is 11.1 Å². The van der Waals surface area contributed by atoms with Gasteiger partial charge in [-0.25, -0.2) is 4.79 Å². The number of thiophene rings is 1. The van der Waals surface area contributed by atoms with Crippen LogP contribution in [0, 0.1) is 6.92 Å². The van der Waals surface area contributed by atoms with Gasteiger partial charge < -0.3 is 15.4 Å². The molecule has 0 fully saturated rings. The van der Waals surface area contributed by atoms with E-state index in [0.29, 0.717) is 31.4 Å². The van der Waals surface area contributed by atoms with E-state index in [1.165, 1.54) is 11.3 Å². The maximum absolute atomic E-state index is 12.8. The number of benzene rings is 2. The average molecular weight is 465 g/mol. The molecule has 0 saturated heterocycles. The molecule has 3 aromatic rings. The van der Waals surface area contributed by atoms with Gasteiger partial charge in [0.15, 0.2) is 5.11 Å². The summed E-state index contributed by atoms with van der Waals surface area (Å²) in [5.41, 5.74) is 2.81. The summed E-state index contributed by atoms with van der Waals surface area (Å²) in [6.07, 6.45) is 0. The van der Waals surface area contributed by atoms with Crippen molar-refractivity contribution in [3.8, 4) is 11.1 Å². The van der Waals surface area contributed by atoms with Crippen molar-refractivity contribution in [2.45, 2.75) is 13.8 Å². The molecule has 4 nitrogen and oxygen atoms in total. The highest BCUT2D eigenvalue weighted by atomic mass is 35.5. The molecule has 0 aliphatic rings. The number of ether oxygens (including phenoxy) is 1. The lowest BCUT2D eigenvalue weighted by Crippen LogP contribution is -2.20. The van der Waals surface area contributed by atoms with Crippen LogP contribution in [0.1, 0.15) is 22.2 Å². The molecule has 3 rings (SSSR count). The Morgan fingerprint density at radius 1 is 1.14 bits per heavy atom. The lowest BCUT2D eigenvalue weighted by molar-refractivity contribution is 0.0529. The first kappa shape index (κ1) is 21.6. The molecule has 0 atom stereocenters. The highest BCUT2D eigenvalue weighted by Gasteiger charge is 2.25. The van der Waals surface area contributed by atoms with Gasteiger partial charge in [-0.2, -0.15) is 0 Å². The zero-order valence-corrected chi connectivity index (χ0v) is 18.9. The summed E-state index contributed by atoms with van der Waals surface area (Å²) in [4.78, 5) is 13.7. The van der Waals surface area contributed by atoms with Crippen LogP contribution in [0.15, 0.2) is 48.5 Å². The highest BCUT2D eigenvalue weighted by Crippen LogP contribution is 2.40. The zero-order chi connectivity index (χ0) is 21.0. The van der Waals surface area contributed by atoms with Crippen LogP contribution in [-0.4, -0.2) is 17.7 Å². The number of carbonyl (C=O) groups is 1. The van der Waals surface area contributed by atoms with E-state index in [1.807, 2.05) is 37.3 Å². The number of halogens is 2. The molecular weight excluding hydrogens is 447 g/mol. The monoisotopic (exact) mass is 464 g/mol. The Balaban J connectivity index is 1.95. The molecule has 1 heterocycles. The molecule has 2 aromatic carbocycles. The fourth-order valence-electron chi connectivity index (χ4n) is 2.83. The predicted molar refractivity (Wildman–Crippen MR) is 127 cm³/mol. The van der Waals surface area contributed by atoms with E-state index in [2.05, 4.69) is 10.6 Å². The molecule has 0 bridgehead atoms. The van der Waals surface area contributed by atoms with Crippen LogP contribution in [-0.2, 0) is 4.74 Å². The summed E-state index contributed by atoms with van der Waals surface area (Å²) in [5, 5.41) is 8.05. The number of aryl methyl sites for hydroxylation is 1. The summed E-state index contributed by atoms with van der Waals surface area (Å²) in [7, 11) is 0. The number of esters is 1. The minimum absolute atomic E-state index is 0.280. The number of anilines is 2. The minimum Gasteiger partial charge on any atom is -0.462 e. The van der Waals surface area contributed by atoms with Gasteiger partial charge in [0.1, 0.15) is 10.6 Å². The van der Waals surface area contributed by atoms with Gasteiger partial charge >= 0.3 is 5.97 Å². The SMILES string of the molecule is CCOC(=O)c1c(NC(=S)Nc2cc(Cl)ccc2Cl)sc(C)c1-c1ccccc1. The molecule has 0 aliphatic carbocycles. The maximum atomic E-state index is 12.8. The third kappa shape index (κ3) is 5.08. The molecule has 0 amide bonds. The lowest BCUT2D eigenvalue weighted by atomic mass is 10.0. The Hall–Kier alpha value is -2.12. The van der Waals surface area contributed by atoms with E-state index in [-0.39, 0.29) is 6.61 Å². The third-order valence-electron chi connectivity index (χ3n) is 4.03. The molecule has 0 spiro atoms. The largest absolute Gasteiger partial charge is 0.462 e. The Bertz CT molecular complexity index is 1050. The Labute approximate surface area is 188 Å². The standard InChI is InChI=1S/C21H18Cl2N2O2S2/c1-3-27-20(26)18-17(13-7-5-4-6-8-13)12(2)29-19(18)25-21(28)24-16-11-14(22)9-10-15(16)23/h4-11H,3H2,1-2H3,(H2,24,25,28). The van der Waals surface area contributed by atoms with Crippen molar-refractivity contribution in [1.29, 1.82) is 0 Å². The third-order valence-corrected chi connectivity index (χ3v) is 5.82. The first-order chi connectivity index (χ1) is 13.9. The smallest absolute Gasteiger partial charge is 0.341 e. The van der Waals surface area contributed by atoms with Gasteiger partial charge in [-0.15, -0.1) is 11.3 Å². The van der Waals surface area contributed by atoms with Crippen molar-refractivity contribution < 1.29 is 9.53 Å². The molecule has 0 saturated carbocycles. The average Bonchev–Trinajstić information content (AvgIpc) is 3.01. The maximum Gasteiger partial charge on any atom is 0.341 e. The quantitative estimate of drug-likeness (QED) is 0.313. The highest BCUT2D eigenvalue weighted by molar-refractivity contribution is 7.80. The molecule has 8 heteroatoms. The molecular formula is C21H18Cl2N2O2S2. The van der Waals surface area contributed by atoms with E-state index in [0.717, 1.165) is 16.0 Å². The summed E-state index contributed by atoms with van der Waals surface area (Å²) in [6.45, 7) is 4.02. The number of hydrogen-bond acceptors (Lipinski definition) is 4. The van der Waals surface area contributed by atoms with E-state index in [9.17, 15) is 4.79 Å². The second kappa shape index (κ2) is 9.59. The van der Waals surface area contributed by atoms with Gasteiger partial charge in [0.05, 0.1) is 17.3 Å². The molecule has 0 unspecified atom stereocenters. The lowest BCUT2D eigenvalue weighted by Gasteiger charge is -2.13. The zero-order valence-electron chi connectivity index (χ0n) is 15.7. The van der Waals surface area contributed by atoms with E-state index < -0.39 is 5.97 Å². The van der Waals surface area contributed by atoms with E-state index >= 15 is 0 Å². The first-order valence-corrected chi connectivity index (χ1v) is 10.8. The van der Waals surface area contributed by atoms with Crippen LogP contribution in [0.3, 0.4) is 0 Å². The van der Waals surface area contributed by atoms with Crippen LogP contribution in [0.5, 0.6) is 0 Å². The normalized spacial score (nSPS) is 10.5. The van der Waals surface area contributed by atoms with Crippen LogP contribution in [0.2, 0.25) is 10.0 Å². The fraction of sp³-hybridized carbons (Fsp3) is 0.143. The van der Waals surface area contributed by atoms with Crippen molar-refractivity contribution in [1.82, 2.24) is 0 Å². The van der Waals surface area contributed by atoms with E-state index in [1.54, 1.807) is 25.1 Å². The molecule has 29 heavy (non-hydrogen) atoms. The molecule has 1 aromatic heterocycles. The Morgan fingerprint density at radius 3 is 2.55 bits per heavy atom. The van der Waals surface area contributed by atoms with Crippen molar-refractivity contribution in [2.24, 2.45) is 0 Å². The molecule has 0 aliphatic heterocycles. The number of carbonyl (C=O) groups excluding carboxylic acids is 1. The second-order valence-electron chi connectivity index (χ2n) is 6.03. The second-order valence-corrected chi connectivity index (χ2v) is 8.50. The summed E-state index contributed by atoms with van der Waals surface area (Å²) >= 11 is 19.1. The number of rotatable bonds is 5. The summed E-state index contributed by atoms with van der Waals surface area (Å²) in [5.74, 6) is -0.401. The number of hydrogen-bond donors (Lipinski definition) is 2. The topological polar surface area (TPSA) is 50.4 Å². The fourth-order valence-corrected chi connectivity index (χ4v) is 4.52. The predicted octanol–water partition coefficient (Wildman–Crippen LogP) is 7.02. The van der Waals surface area contributed by atoms with Crippen LogP contribution < -0.4 is 10.6 Å². The van der Waals surface area contributed by atoms with Gasteiger partial charge in [0, 0.05) is 15.5 Å². The van der Waals surface area contributed by atoms with Gasteiger partial charge in [-0.1, -0.05) is 53.5 Å². The number of thiocarbonyl (C=S) groups is 1. The Morgan fingerprint density at radius 2 is 1.86 bits per heavy atom. The molecule has 0 radical (unpaired) electrons. The van der Waals surface area contributed by atoms with Crippen LogP contribution in [0.4, 0.5) is 10.7 Å². The van der Waals surface area contributed by atoms with Gasteiger partial charge in [-0.3, -0.25) is 0 Å². The number of nitrogens with one attached hydrogen (secondary N) is 2. The summed E-state index contributed by atoms with van der Waals surface area (Å²) in [6, 6.07) is 14.8. The van der Waals surface area contributed by atoms with Crippen molar-refractivity contribution >= 4 is 68.5 Å². The van der Waals surface area contributed by atoms with Crippen molar-refractivity contribution in [3.63, 3.8) is 0 Å². The molecule has 2 N–H and O–H groups in total. The first-order valence-electron chi connectivity index (χ1n) is 8.79. The Kier molecular flexibility index (Phi) is 7.14. The molecule has 150 valence electrons. The van der Waals surface area contributed by atoms with Gasteiger partial charge in [0.25, 0.3) is 0 Å². The van der Waals surface area contributed by atoms with Crippen molar-refractivity contribution in [3.05, 3.63) is 69.0 Å². The minimum atomic E-state index is -0.401. The van der Waals surface area contributed by atoms with Crippen LogP contribution >= 0.6 is 46.8 Å². The summed E-state index contributed by atoms with van der Waals surface area (Å²) < 4.78 is 5.30. The van der Waals surface area contributed by atoms with Gasteiger partial charge in [0.2, 0.25) is 0 Å². The van der Waals surface area contributed by atoms with Gasteiger partial charge in [-0.05, 0) is 49.8 Å². The van der Waals surface area contributed by atoms with E-state index in [4.69, 9.17) is 40.2 Å².